The SMILES string of the molecule is CC1CCC(O)C(O)C1CCC1CC=C(O)C(O)C1. The van der Waals surface area contributed by atoms with Gasteiger partial charge in [-0.05, 0) is 62.4 Å². The summed E-state index contributed by atoms with van der Waals surface area (Å²) in [7, 11) is 0. The smallest absolute Gasteiger partial charge is 0.117 e. The molecule has 6 unspecified atom stereocenters. The summed E-state index contributed by atoms with van der Waals surface area (Å²) in [6.07, 6.45) is 4.65. The van der Waals surface area contributed by atoms with Crippen molar-refractivity contribution in [2.45, 2.75) is 63.8 Å². The van der Waals surface area contributed by atoms with E-state index in [4.69, 9.17) is 0 Å². The van der Waals surface area contributed by atoms with Gasteiger partial charge in [-0.2, -0.15) is 0 Å². The molecule has 2 aliphatic rings. The van der Waals surface area contributed by atoms with Crippen LogP contribution < -0.4 is 0 Å². The third kappa shape index (κ3) is 3.50. The van der Waals surface area contributed by atoms with E-state index in [-0.39, 0.29) is 11.7 Å². The first-order valence-corrected chi connectivity index (χ1v) is 7.42. The number of aliphatic hydroxyl groups is 4. The lowest BCUT2D eigenvalue weighted by atomic mass is 9.73. The van der Waals surface area contributed by atoms with Gasteiger partial charge in [0.2, 0.25) is 0 Å². The van der Waals surface area contributed by atoms with Crippen LogP contribution in [-0.2, 0) is 0 Å². The molecule has 0 saturated heterocycles. The highest BCUT2D eigenvalue weighted by atomic mass is 16.3. The molecule has 1 saturated carbocycles. The molecule has 0 aromatic heterocycles. The summed E-state index contributed by atoms with van der Waals surface area (Å²) < 4.78 is 0. The molecule has 2 rings (SSSR count). The van der Waals surface area contributed by atoms with E-state index in [2.05, 4.69) is 6.92 Å². The minimum atomic E-state index is -0.724. The van der Waals surface area contributed by atoms with Crippen molar-refractivity contribution in [1.82, 2.24) is 0 Å². The van der Waals surface area contributed by atoms with E-state index in [9.17, 15) is 20.4 Å². The highest BCUT2D eigenvalue weighted by Crippen LogP contribution is 2.36. The summed E-state index contributed by atoms with van der Waals surface area (Å²) in [5.41, 5.74) is 0. The molecule has 1 fully saturated rings. The number of aliphatic hydroxyl groups excluding tert-OH is 4. The van der Waals surface area contributed by atoms with Crippen molar-refractivity contribution in [3.8, 4) is 0 Å². The first-order chi connectivity index (χ1) is 8.99. The molecule has 0 aliphatic heterocycles. The fourth-order valence-corrected chi connectivity index (χ4v) is 3.52. The standard InChI is InChI=1S/C15H26O4/c1-9-2-6-13(17)15(19)11(9)5-3-10-4-7-12(16)14(18)8-10/h7,9-11,13-19H,2-6,8H2,1H3. The first-order valence-electron chi connectivity index (χ1n) is 7.42. The van der Waals surface area contributed by atoms with Crippen LogP contribution in [0.3, 0.4) is 0 Å². The fraction of sp³-hybridized carbons (Fsp3) is 0.867. The Morgan fingerprint density at radius 2 is 1.89 bits per heavy atom. The van der Waals surface area contributed by atoms with Gasteiger partial charge in [-0.1, -0.05) is 6.92 Å². The Balaban J connectivity index is 1.84. The molecule has 4 heteroatoms. The van der Waals surface area contributed by atoms with Crippen LogP contribution in [0.5, 0.6) is 0 Å². The maximum absolute atomic E-state index is 10.1. The summed E-state index contributed by atoms with van der Waals surface area (Å²) in [5, 5.41) is 38.8. The summed E-state index contributed by atoms with van der Waals surface area (Å²) >= 11 is 0. The molecule has 2 aliphatic carbocycles. The van der Waals surface area contributed by atoms with Crippen molar-refractivity contribution < 1.29 is 20.4 Å². The second-order valence-corrected chi connectivity index (χ2v) is 6.34. The lowest BCUT2D eigenvalue weighted by Crippen LogP contribution is -2.41. The van der Waals surface area contributed by atoms with Crippen molar-refractivity contribution >= 4 is 0 Å². The molecule has 6 atom stereocenters. The first kappa shape index (κ1) is 14.8. The number of rotatable bonds is 3. The van der Waals surface area contributed by atoms with Gasteiger partial charge < -0.3 is 20.4 Å². The van der Waals surface area contributed by atoms with Crippen molar-refractivity contribution in [1.29, 1.82) is 0 Å². The molecule has 0 bridgehead atoms. The largest absolute Gasteiger partial charge is 0.510 e. The molecule has 0 amide bonds. The molecule has 19 heavy (non-hydrogen) atoms. The Kier molecular flexibility index (Phi) is 4.87. The van der Waals surface area contributed by atoms with E-state index in [1.807, 2.05) is 0 Å². The summed E-state index contributed by atoms with van der Waals surface area (Å²) in [5.74, 6) is 1.05. The van der Waals surface area contributed by atoms with Gasteiger partial charge >= 0.3 is 0 Å². The molecule has 0 spiro atoms. The van der Waals surface area contributed by atoms with Gasteiger partial charge in [-0.15, -0.1) is 0 Å². The lowest BCUT2D eigenvalue weighted by molar-refractivity contribution is -0.0681. The van der Waals surface area contributed by atoms with Gasteiger partial charge in [0.1, 0.15) is 11.9 Å². The zero-order valence-corrected chi connectivity index (χ0v) is 11.6. The minimum Gasteiger partial charge on any atom is -0.510 e. The third-order valence-corrected chi connectivity index (χ3v) is 4.95. The summed E-state index contributed by atoms with van der Waals surface area (Å²) in [6, 6.07) is 0. The van der Waals surface area contributed by atoms with Crippen LogP contribution in [0.25, 0.3) is 0 Å². The van der Waals surface area contributed by atoms with Crippen LogP contribution in [0, 0.1) is 17.8 Å². The van der Waals surface area contributed by atoms with Crippen molar-refractivity contribution in [3.63, 3.8) is 0 Å². The van der Waals surface area contributed by atoms with E-state index < -0.39 is 18.3 Å². The average molecular weight is 270 g/mol. The van der Waals surface area contributed by atoms with Gasteiger partial charge in [-0.3, -0.25) is 0 Å². The Bertz CT molecular complexity index is 328. The van der Waals surface area contributed by atoms with Crippen LogP contribution >= 0.6 is 0 Å². The van der Waals surface area contributed by atoms with Crippen molar-refractivity contribution in [3.05, 3.63) is 11.8 Å². The maximum Gasteiger partial charge on any atom is 0.117 e. The molecular formula is C15H26O4. The Labute approximate surface area is 114 Å². The highest BCUT2D eigenvalue weighted by Gasteiger charge is 2.35. The van der Waals surface area contributed by atoms with Crippen LogP contribution in [0.1, 0.15) is 45.4 Å². The van der Waals surface area contributed by atoms with E-state index >= 15 is 0 Å². The number of allylic oxidation sites excluding steroid dienone is 1. The van der Waals surface area contributed by atoms with Crippen molar-refractivity contribution in [2.24, 2.45) is 17.8 Å². The average Bonchev–Trinajstić information content (AvgIpc) is 2.38. The maximum atomic E-state index is 10.1. The number of hydrogen-bond donors (Lipinski definition) is 4. The normalized spacial score (nSPS) is 43.9. The second kappa shape index (κ2) is 6.25. The lowest BCUT2D eigenvalue weighted by Gasteiger charge is -2.37. The van der Waals surface area contributed by atoms with Gasteiger partial charge in [0.15, 0.2) is 0 Å². The van der Waals surface area contributed by atoms with Gasteiger partial charge in [0, 0.05) is 0 Å². The quantitative estimate of drug-likeness (QED) is 0.630. The topological polar surface area (TPSA) is 80.9 Å². The molecule has 0 aromatic rings. The van der Waals surface area contributed by atoms with E-state index in [1.54, 1.807) is 6.08 Å². The van der Waals surface area contributed by atoms with Crippen LogP contribution in [0.2, 0.25) is 0 Å². The Hall–Kier alpha value is -0.580. The third-order valence-electron chi connectivity index (χ3n) is 4.95. The van der Waals surface area contributed by atoms with Gasteiger partial charge in [0.05, 0.1) is 12.2 Å². The highest BCUT2D eigenvalue weighted by molar-refractivity contribution is 5.03. The predicted molar refractivity (Wildman–Crippen MR) is 72.6 cm³/mol. The zero-order chi connectivity index (χ0) is 14.0. The van der Waals surface area contributed by atoms with Crippen LogP contribution in [0.15, 0.2) is 11.8 Å². The fourth-order valence-electron chi connectivity index (χ4n) is 3.52. The monoisotopic (exact) mass is 270 g/mol. The van der Waals surface area contributed by atoms with E-state index in [0.717, 1.165) is 25.7 Å². The molecule has 4 nitrogen and oxygen atoms in total. The summed E-state index contributed by atoms with van der Waals surface area (Å²) in [4.78, 5) is 0. The van der Waals surface area contributed by atoms with E-state index in [1.165, 1.54) is 0 Å². The molecule has 0 radical (unpaired) electrons. The molecule has 4 N–H and O–H groups in total. The predicted octanol–water partition coefficient (Wildman–Crippen LogP) is 1.75. The molecule has 0 aromatic carbocycles. The van der Waals surface area contributed by atoms with Gasteiger partial charge in [0.25, 0.3) is 0 Å². The Morgan fingerprint density at radius 1 is 1.16 bits per heavy atom. The second-order valence-electron chi connectivity index (χ2n) is 6.34. The summed E-state index contributed by atoms with van der Waals surface area (Å²) in [6.45, 7) is 2.14. The number of hydrogen-bond acceptors (Lipinski definition) is 4. The molecule has 110 valence electrons. The van der Waals surface area contributed by atoms with E-state index in [0.29, 0.717) is 24.7 Å². The zero-order valence-electron chi connectivity index (χ0n) is 11.6. The van der Waals surface area contributed by atoms with Crippen molar-refractivity contribution in [2.75, 3.05) is 0 Å². The molecule has 0 heterocycles. The van der Waals surface area contributed by atoms with Gasteiger partial charge in [-0.25, -0.2) is 0 Å². The van der Waals surface area contributed by atoms with Crippen LogP contribution in [-0.4, -0.2) is 38.7 Å². The van der Waals surface area contributed by atoms with Crippen LogP contribution in [0.4, 0.5) is 0 Å². The molecular weight excluding hydrogens is 244 g/mol. The minimum absolute atomic E-state index is 0.0951. The Morgan fingerprint density at radius 3 is 2.58 bits per heavy atom.